The number of carbonyl (C=O) groups excluding carboxylic acids is 1. The van der Waals surface area contributed by atoms with E-state index in [2.05, 4.69) is 9.88 Å². The SMILES string of the molecule is Cc1cc2c(OCC(O)CN3CCC(=O)CC3)cccc2[nH]1. The zero-order valence-corrected chi connectivity index (χ0v) is 12.8. The second kappa shape index (κ2) is 6.50. The summed E-state index contributed by atoms with van der Waals surface area (Å²) in [6.07, 6.45) is 0.633. The highest BCUT2D eigenvalue weighted by atomic mass is 16.5. The molecule has 1 aromatic carbocycles. The topological polar surface area (TPSA) is 65.6 Å². The van der Waals surface area contributed by atoms with Crippen molar-refractivity contribution in [3.63, 3.8) is 0 Å². The van der Waals surface area contributed by atoms with Gasteiger partial charge in [0.15, 0.2) is 0 Å². The molecule has 1 unspecified atom stereocenters. The third kappa shape index (κ3) is 3.48. The van der Waals surface area contributed by atoms with Crippen molar-refractivity contribution in [3.8, 4) is 5.75 Å². The van der Waals surface area contributed by atoms with Gasteiger partial charge in [-0.2, -0.15) is 0 Å². The summed E-state index contributed by atoms with van der Waals surface area (Å²) in [6.45, 7) is 4.30. The van der Waals surface area contributed by atoms with Crippen LogP contribution in [0.15, 0.2) is 24.3 Å². The first-order chi connectivity index (χ1) is 10.6. The molecule has 5 nitrogen and oxygen atoms in total. The first kappa shape index (κ1) is 15.1. The summed E-state index contributed by atoms with van der Waals surface area (Å²) in [6, 6.07) is 7.92. The average Bonchev–Trinajstić information content (AvgIpc) is 2.88. The Morgan fingerprint density at radius 3 is 2.91 bits per heavy atom. The second-order valence-corrected chi connectivity index (χ2v) is 5.97. The zero-order valence-electron chi connectivity index (χ0n) is 12.8. The van der Waals surface area contributed by atoms with Crippen LogP contribution in [0.2, 0.25) is 0 Å². The van der Waals surface area contributed by atoms with E-state index in [0.29, 0.717) is 25.2 Å². The summed E-state index contributed by atoms with van der Waals surface area (Å²) < 4.78 is 5.79. The highest BCUT2D eigenvalue weighted by Crippen LogP contribution is 2.26. The Labute approximate surface area is 129 Å². The van der Waals surface area contributed by atoms with Crippen LogP contribution in [0.5, 0.6) is 5.75 Å². The van der Waals surface area contributed by atoms with Crippen LogP contribution in [-0.4, -0.2) is 53.1 Å². The molecule has 0 saturated carbocycles. The Hall–Kier alpha value is -1.85. The van der Waals surface area contributed by atoms with Crippen molar-refractivity contribution < 1.29 is 14.6 Å². The lowest BCUT2D eigenvalue weighted by molar-refractivity contribution is -0.121. The number of ketones is 1. The van der Waals surface area contributed by atoms with Gasteiger partial charge < -0.3 is 14.8 Å². The lowest BCUT2D eigenvalue weighted by atomic mass is 10.1. The Bertz CT molecular complexity index is 655. The van der Waals surface area contributed by atoms with Gasteiger partial charge in [-0.1, -0.05) is 6.07 Å². The Morgan fingerprint density at radius 2 is 2.14 bits per heavy atom. The number of ether oxygens (including phenoxy) is 1. The summed E-state index contributed by atoms with van der Waals surface area (Å²) in [7, 11) is 0. The number of piperidine rings is 1. The molecule has 1 saturated heterocycles. The summed E-state index contributed by atoms with van der Waals surface area (Å²) in [4.78, 5) is 16.6. The van der Waals surface area contributed by atoms with Gasteiger partial charge in [-0.25, -0.2) is 0 Å². The number of fused-ring (bicyclic) bond motifs is 1. The van der Waals surface area contributed by atoms with Crippen molar-refractivity contribution >= 4 is 16.7 Å². The lowest BCUT2D eigenvalue weighted by Crippen LogP contribution is -2.40. The highest BCUT2D eigenvalue weighted by molar-refractivity contribution is 5.86. The van der Waals surface area contributed by atoms with Crippen LogP contribution in [0.4, 0.5) is 0 Å². The van der Waals surface area contributed by atoms with Crippen molar-refractivity contribution in [2.75, 3.05) is 26.2 Å². The fourth-order valence-electron chi connectivity index (χ4n) is 2.91. The number of rotatable bonds is 5. The molecule has 1 aliphatic rings. The van der Waals surface area contributed by atoms with E-state index in [1.165, 1.54) is 0 Å². The minimum atomic E-state index is -0.552. The molecule has 2 N–H and O–H groups in total. The van der Waals surface area contributed by atoms with Crippen LogP contribution in [0, 0.1) is 6.92 Å². The van der Waals surface area contributed by atoms with Gasteiger partial charge in [-0.3, -0.25) is 9.69 Å². The number of aromatic nitrogens is 1. The summed E-state index contributed by atoms with van der Waals surface area (Å²) in [5.74, 6) is 1.10. The predicted molar refractivity (Wildman–Crippen MR) is 85.2 cm³/mol. The van der Waals surface area contributed by atoms with Gasteiger partial charge in [-0.15, -0.1) is 0 Å². The van der Waals surface area contributed by atoms with Crippen LogP contribution < -0.4 is 4.74 Å². The molecular formula is C17H22N2O3. The summed E-state index contributed by atoms with van der Waals surface area (Å²) in [5, 5.41) is 11.2. The molecule has 0 radical (unpaired) electrons. The predicted octanol–water partition coefficient (Wildman–Crippen LogP) is 1.88. The van der Waals surface area contributed by atoms with Gasteiger partial charge in [-0.05, 0) is 25.1 Å². The summed E-state index contributed by atoms with van der Waals surface area (Å²) >= 11 is 0. The first-order valence-corrected chi connectivity index (χ1v) is 7.75. The number of aliphatic hydroxyl groups excluding tert-OH is 1. The van der Waals surface area contributed by atoms with Gasteiger partial charge >= 0.3 is 0 Å². The van der Waals surface area contributed by atoms with Crippen molar-refractivity contribution in [1.82, 2.24) is 9.88 Å². The monoisotopic (exact) mass is 302 g/mol. The molecule has 2 aromatic rings. The van der Waals surface area contributed by atoms with Gasteiger partial charge in [0.25, 0.3) is 0 Å². The third-order valence-corrected chi connectivity index (χ3v) is 4.07. The molecular weight excluding hydrogens is 280 g/mol. The second-order valence-electron chi connectivity index (χ2n) is 5.97. The maximum absolute atomic E-state index is 11.2. The lowest BCUT2D eigenvalue weighted by Gasteiger charge is -2.27. The van der Waals surface area contributed by atoms with Crippen LogP contribution in [0.25, 0.3) is 10.9 Å². The van der Waals surface area contributed by atoms with E-state index in [-0.39, 0.29) is 6.61 Å². The molecule has 5 heteroatoms. The number of aliphatic hydroxyl groups is 1. The molecule has 0 aliphatic carbocycles. The number of nitrogens with one attached hydrogen (secondary N) is 1. The Kier molecular flexibility index (Phi) is 4.45. The molecule has 1 atom stereocenters. The molecule has 118 valence electrons. The van der Waals surface area contributed by atoms with E-state index in [4.69, 9.17) is 4.74 Å². The number of Topliss-reactive ketones (excluding diaryl/α,β-unsaturated/α-hetero) is 1. The molecule has 0 bridgehead atoms. The minimum absolute atomic E-state index is 0.258. The highest BCUT2D eigenvalue weighted by Gasteiger charge is 2.19. The summed E-state index contributed by atoms with van der Waals surface area (Å²) in [5.41, 5.74) is 2.13. The number of likely N-dealkylation sites (tertiary alicyclic amines) is 1. The fraction of sp³-hybridized carbons (Fsp3) is 0.471. The van der Waals surface area contributed by atoms with E-state index in [0.717, 1.165) is 35.4 Å². The molecule has 22 heavy (non-hydrogen) atoms. The Balaban J connectivity index is 1.56. The molecule has 1 fully saturated rings. The molecule has 0 spiro atoms. The third-order valence-electron chi connectivity index (χ3n) is 4.07. The molecule has 1 aliphatic heterocycles. The number of aromatic amines is 1. The van der Waals surface area contributed by atoms with E-state index >= 15 is 0 Å². The normalized spacial score (nSPS) is 17.8. The maximum atomic E-state index is 11.2. The van der Waals surface area contributed by atoms with E-state index in [9.17, 15) is 9.90 Å². The number of hydrogen-bond donors (Lipinski definition) is 2. The number of hydrogen-bond acceptors (Lipinski definition) is 4. The van der Waals surface area contributed by atoms with Gasteiger partial charge in [0.05, 0.1) is 0 Å². The van der Waals surface area contributed by atoms with E-state index in [1.807, 2.05) is 31.2 Å². The van der Waals surface area contributed by atoms with Crippen molar-refractivity contribution in [1.29, 1.82) is 0 Å². The number of aryl methyl sites for hydroxylation is 1. The smallest absolute Gasteiger partial charge is 0.135 e. The fourth-order valence-corrected chi connectivity index (χ4v) is 2.91. The van der Waals surface area contributed by atoms with Crippen molar-refractivity contribution in [3.05, 3.63) is 30.0 Å². The van der Waals surface area contributed by atoms with Crippen molar-refractivity contribution in [2.45, 2.75) is 25.9 Å². The quantitative estimate of drug-likeness (QED) is 0.885. The van der Waals surface area contributed by atoms with Gasteiger partial charge in [0, 0.05) is 49.1 Å². The van der Waals surface area contributed by atoms with Crippen LogP contribution in [-0.2, 0) is 4.79 Å². The molecule has 1 aromatic heterocycles. The molecule has 0 amide bonds. The van der Waals surface area contributed by atoms with Gasteiger partial charge in [0.1, 0.15) is 24.2 Å². The number of carbonyl (C=O) groups is 1. The van der Waals surface area contributed by atoms with E-state index < -0.39 is 6.10 Å². The number of benzene rings is 1. The Morgan fingerprint density at radius 1 is 1.36 bits per heavy atom. The minimum Gasteiger partial charge on any atom is -0.490 e. The average molecular weight is 302 g/mol. The first-order valence-electron chi connectivity index (χ1n) is 7.75. The maximum Gasteiger partial charge on any atom is 0.135 e. The standard InChI is InChI=1S/C17H22N2O3/c1-12-9-15-16(18-12)3-2-4-17(15)22-11-14(21)10-19-7-5-13(20)6-8-19/h2-4,9,14,18,21H,5-8,10-11H2,1H3. The van der Waals surface area contributed by atoms with Crippen LogP contribution in [0.1, 0.15) is 18.5 Å². The number of β-amino-alcohol motifs (C(OH)–C–C–N with tert-alkyl or cyclic N) is 1. The molecule has 3 rings (SSSR count). The number of nitrogens with zero attached hydrogens (tertiary/aromatic N) is 1. The van der Waals surface area contributed by atoms with Crippen LogP contribution >= 0.6 is 0 Å². The molecule has 2 heterocycles. The van der Waals surface area contributed by atoms with Crippen LogP contribution in [0.3, 0.4) is 0 Å². The van der Waals surface area contributed by atoms with Gasteiger partial charge in [0.2, 0.25) is 0 Å². The zero-order chi connectivity index (χ0) is 15.5. The van der Waals surface area contributed by atoms with Crippen molar-refractivity contribution in [2.24, 2.45) is 0 Å². The van der Waals surface area contributed by atoms with E-state index in [1.54, 1.807) is 0 Å². The largest absolute Gasteiger partial charge is 0.490 e. The number of H-pyrrole nitrogens is 1.